The number of rotatable bonds is 4. The lowest BCUT2D eigenvalue weighted by Crippen LogP contribution is -2.31. The number of hydrogen-bond donors (Lipinski definition) is 1. The highest BCUT2D eigenvalue weighted by molar-refractivity contribution is 7.90. The van der Waals surface area contributed by atoms with E-state index < -0.39 is 43.4 Å². The van der Waals surface area contributed by atoms with Crippen LogP contribution in [0.1, 0.15) is 21.7 Å². The van der Waals surface area contributed by atoms with E-state index in [0.29, 0.717) is 12.1 Å². The van der Waals surface area contributed by atoms with E-state index in [2.05, 4.69) is 10.3 Å². The minimum atomic E-state index is -4.68. The molecule has 0 saturated heterocycles. The number of benzene rings is 2. The summed E-state index contributed by atoms with van der Waals surface area (Å²) < 4.78 is 66.4. The Kier molecular flexibility index (Phi) is 6.25. The van der Waals surface area contributed by atoms with Crippen molar-refractivity contribution in [2.24, 2.45) is 0 Å². The third-order valence-corrected chi connectivity index (χ3v) is 6.43. The number of alkyl halides is 3. The highest BCUT2D eigenvalue weighted by atomic mass is 35.5. The average molecular weight is 514 g/mol. The summed E-state index contributed by atoms with van der Waals surface area (Å²) in [6.45, 7) is 1.33. The molecule has 0 bridgehead atoms. The topological polar surface area (TPSA) is 93.9 Å². The zero-order valence-electron chi connectivity index (χ0n) is 15.2. The lowest BCUT2D eigenvalue weighted by molar-refractivity contribution is -0.137. The van der Waals surface area contributed by atoms with Crippen molar-refractivity contribution in [2.75, 3.05) is 0 Å². The molecule has 1 N–H and O–H groups in total. The summed E-state index contributed by atoms with van der Waals surface area (Å²) in [5, 5.41) is 6.38. The van der Waals surface area contributed by atoms with Crippen molar-refractivity contribution in [3.8, 4) is 5.69 Å². The van der Waals surface area contributed by atoms with Gasteiger partial charge in [0.25, 0.3) is 15.9 Å². The molecule has 3 rings (SSSR count). The maximum Gasteiger partial charge on any atom is 0.416 e. The summed E-state index contributed by atoms with van der Waals surface area (Å²) in [7, 11) is -4.33. The summed E-state index contributed by atoms with van der Waals surface area (Å²) in [5.41, 5.74) is -1.67. The van der Waals surface area contributed by atoms with Crippen molar-refractivity contribution >= 4 is 50.7 Å². The Labute approximate surface area is 188 Å². The molecule has 0 aliphatic heterocycles. The molecule has 0 spiro atoms. The molecular formula is C17H10Cl3F3N4O3S. The number of nitrogens with one attached hydrogen (secondary N) is 1. The van der Waals surface area contributed by atoms with Gasteiger partial charge >= 0.3 is 6.18 Å². The maximum atomic E-state index is 12.9. The molecule has 0 fully saturated rings. The SMILES string of the molecule is Cc1c(C(=O)NS(=O)(=O)c2ccccc2Cl)nnn1-c1c(Cl)cc(C(F)(F)F)cc1Cl. The number of halogens is 6. The first kappa shape index (κ1) is 23.3. The van der Waals surface area contributed by atoms with Gasteiger partial charge in [-0.2, -0.15) is 13.2 Å². The van der Waals surface area contributed by atoms with Crippen LogP contribution in [0.25, 0.3) is 5.69 Å². The Balaban J connectivity index is 1.97. The van der Waals surface area contributed by atoms with Gasteiger partial charge in [0.1, 0.15) is 10.6 Å². The molecule has 164 valence electrons. The van der Waals surface area contributed by atoms with Crippen LogP contribution in [0.2, 0.25) is 15.1 Å². The molecule has 0 radical (unpaired) electrons. The predicted octanol–water partition coefficient (Wildman–Crippen LogP) is 4.67. The van der Waals surface area contributed by atoms with E-state index in [1.807, 2.05) is 4.72 Å². The summed E-state index contributed by atoms with van der Waals surface area (Å²) in [6.07, 6.45) is -4.68. The van der Waals surface area contributed by atoms with Crippen molar-refractivity contribution in [1.82, 2.24) is 19.7 Å². The zero-order chi connectivity index (χ0) is 23.1. The van der Waals surface area contributed by atoms with Crippen LogP contribution in [0.3, 0.4) is 0 Å². The Bertz CT molecular complexity index is 1270. The van der Waals surface area contributed by atoms with E-state index in [-0.39, 0.29) is 21.3 Å². The number of sulfonamides is 1. The molecule has 31 heavy (non-hydrogen) atoms. The monoisotopic (exact) mass is 512 g/mol. The van der Waals surface area contributed by atoms with E-state index in [9.17, 15) is 26.4 Å². The number of amides is 1. The predicted molar refractivity (Wildman–Crippen MR) is 107 cm³/mol. The van der Waals surface area contributed by atoms with Crippen molar-refractivity contribution in [2.45, 2.75) is 18.0 Å². The van der Waals surface area contributed by atoms with Gasteiger partial charge in [0.05, 0.1) is 26.3 Å². The average Bonchev–Trinajstić information content (AvgIpc) is 3.01. The van der Waals surface area contributed by atoms with Crippen LogP contribution < -0.4 is 4.72 Å². The normalized spacial score (nSPS) is 12.1. The summed E-state index contributed by atoms with van der Waals surface area (Å²) in [5.74, 6) is -1.14. The highest BCUT2D eigenvalue weighted by Gasteiger charge is 2.33. The van der Waals surface area contributed by atoms with E-state index in [4.69, 9.17) is 34.8 Å². The summed E-state index contributed by atoms with van der Waals surface area (Å²) in [4.78, 5) is 12.2. The molecule has 0 saturated carbocycles. The van der Waals surface area contributed by atoms with Gasteiger partial charge in [-0.15, -0.1) is 5.10 Å². The molecule has 1 amide bonds. The van der Waals surface area contributed by atoms with E-state index in [0.717, 1.165) is 4.68 Å². The van der Waals surface area contributed by atoms with Crippen molar-refractivity contribution < 1.29 is 26.4 Å². The first-order valence-corrected chi connectivity index (χ1v) is 10.7. The van der Waals surface area contributed by atoms with Crippen molar-refractivity contribution in [3.63, 3.8) is 0 Å². The van der Waals surface area contributed by atoms with Crippen LogP contribution in [0.5, 0.6) is 0 Å². The van der Waals surface area contributed by atoms with Gasteiger partial charge in [-0.1, -0.05) is 52.1 Å². The maximum absolute atomic E-state index is 12.9. The van der Waals surface area contributed by atoms with Gasteiger partial charge in [0.2, 0.25) is 0 Å². The van der Waals surface area contributed by atoms with Crippen LogP contribution in [-0.4, -0.2) is 29.3 Å². The molecule has 0 unspecified atom stereocenters. The zero-order valence-corrected chi connectivity index (χ0v) is 18.3. The molecule has 1 heterocycles. The fourth-order valence-corrected chi connectivity index (χ4v) is 4.69. The number of carbonyl (C=O) groups is 1. The molecule has 14 heteroatoms. The fourth-order valence-electron chi connectivity index (χ4n) is 2.57. The molecule has 2 aromatic carbocycles. The summed E-state index contributed by atoms with van der Waals surface area (Å²) >= 11 is 17.8. The van der Waals surface area contributed by atoms with Gasteiger partial charge in [0.15, 0.2) is 5.69 Å². The van der Waals surface area contributed by atoms with Crippen molar-refractivity contribution in [1.29, 1.82) is 0 Å². The molecule has 1 aromatic heterocycles. The van der Waals surface area contributed by atoms with E-state index >= 15 is 0 Å². The van der Waals surface area contributed by atoms with Crippen molar-refractivity contribution in [3.05, 3.63) is 68.4 Å². The Hall–Kier alpha value is -2.34. The number of hydrogen-bond acceptors (Lipinski definition) is 5. The van der Waals surface area contributed by atoms with Gasteiger partial charge in [-0.3, -0.25) is 4.79 Å². The minimum Gasteiger partial charge on any atom is -0.266 e. The highest BCUT2D eigenvalue weighted by Crippen LogP contribution is 2.37. The Morgan fingerprint density at radius 3 is 2.19 bits per heavy atom. The first-order chi connectivity index (χ1) is 14.3. The van der Waals surface area contributed by atoms with Gasteiger partial charge in [-0.25, -0.2) is 17.8 Å². The molecular weight excluding hydrogens is 504 g/mol. The summed E-state index contributed by atoms with van der Waals surface area (Å²) in [6, 6.07) is 6.74. The van der Waals surface area contributed by atoms with Crippen LogP contribution in [0, 0.1) is 6.92 Å². The first-order valence-electron chi connectivity index (χ1n) is 8.13. The molecule has 3 aromatic rings. The van der Waals surface area contributed by atoms with Crippen LogP contribution >= 0.6 is 34.8 Å². The van der Waals surface area contributed by atoms with Crippen LogP contribution in [0.4, 0.5) is 13.2 Å². The van der Waals surface area contributed by atoms with E-state index in [1.165, 1.54) is 31.2 Å². The van der Waals surface area contributed by atoms with Crippen LogP contribution in [-0.2, 0) is 16.2 Å². The Morgan fingerprint density at radius 1 is 1.06 bits per heavy atom. The second-order valence-corrected chi connectivity index (χ2v) is 8.96. The lowest BCUT2D eigenvalue weighted by Gasteiger charge is -2.13. The van der Waals surface area contributed by atoms with Gasteiger partial charge < -0.3 is 0 Å². The number of nitrogens with zero attached hydrogens (tertiary/aromatic N) is 3. The second kappa shape index (κ2) is 8.30. The number of aromatic nitrogens is 3. The number of carbonyl (C=O) groups excluding carboxylic acids is 1. The third kappa shape index (κ3) is 4.64. The fraction of sp³-hybridized carbons (Fsp3) is 0.118. The molecule has 7 nitrogen and oxygen atoms in total. The van der Waals surface area contributed by atoms with E-state index in [1.54, 1.807) is 0 Å². The lowest BCUT2D eigenvalue weighted by atomic mass is 10.2. The second-order valence-electron chi connectivity index (χ2n) is 6.09. The molecule has 0 aliphatic carbocycles. The molecule has 0 atom stereocenters. The quantitative estimate of drug-likeness (QED) is 0.547. The smallest absolute Gasteiger partial charge is 0.266 e. The Morgan fingerprint density at radius 2 is 1.65 bits per heavy atom. The minimum absolute atomic E-state index is 0.0181. The largest absolute Gasteiger partial charge is 0.416 e. The van der Waals surface area contributed by atoms with Crippen LogP contribution in [0.15, 0.2) is 41.3 Å². The van der Waals surface area contributed by atoms with Gasteiger partial charge in [0, 0.05) is 0 Å². The van der Waals surface area contributed by atoms with Gasteiger partial charge in [-0.05, 0) is 31.2 Å². The third-order valence-electron chi connectivity index (χ3n) is 4.02. The standard InChI is InChI=1S/C17H10Cl3F3N4O3S/c1-8-14(16(28)25-31(29,30)13-5-3-2-4-10(13)18)24-26-27(8)15-11(19)6-9(7-12(15)20)17(21,22)23/h2-7H,1H3,(H,25,28). The molecule has 0 aliphatic rings.